The predicted octanol–water partition coefficient (Wildman–Crippen LogP) is 7.79. The van der Waals surface area contributed by atoms with Gasteiger partial charge >= 0.3 is 0 Å². The van der Waals surface area contributed by atoms with Crippen LogP contribution in [-0.2, 0) is 0 Å². The molecule has 0 bridgehead atoms. The molecule has 2 heteroatoms. The van der Waals surface area contributed by atoms with Crippen molar-refractivity contribution in [3.63, 3.8) is 0 Å². The predicted molar refractivity (Wildman–Crippen MR) is 135 cm³/mol. The molecule has 1 N–H and O–H groups in total. The molecule has 1 amide bonds. The highest BCUT2D eigenvalue weighted by molar-refractivity contribution is 6.07. The summed E-state index contributed by atoms with van der Waals surface area (Å²) in [5, 5.41) is 3.21. The summed E-state index contributed by atoms with van der Waals surface area (Å²) >= 11 is 0. The molecule has 0 saturated carbocycles. The van der Waals surface area contributed by atoms with E-state index in [0.29, 0.717) is 5.56 Å². The Morgan fingerprint density at radius 2 is 1.25 bits per heavy atom. The Hall–Kier alpha value is -3.91. The lowest BCUT2D eigenvalue weighted by Crippen LogP contribution is -2.15. The van der Waals surface area contributed by atoms with Crippen LogP contribution in [0.5, 0.6) is 0 Å². The van der Waals surface area contributed by atoms with Gasteiger partial charge in [0.25, 0.3) is 5.91 Å². The highest BCUT2D eigenvalue weighted by Crippen LogP contribution is 2.38. The van der Waals surface area contributed by atoms with Crippen molar-refractivity contribution in [2.45, 2.75) is 19.8 Å². The summed E-state index contributed by atoms with van der Waals surface area (Å²) in [5.74, 6) is 0.0918. The number of rotatable bonds is 6. The van der Waals surface area contributed by atoms with Gasteiger partial charge in [-0.15, -0.1) is 0 Å². The van der Waals surface area contributed by atoms with E-state index in [0.717, 1.165) is 39.1 Å². The summed E-state index contributed by atoms with van der Waals surface area (Å²) < 4.78 is 0. The van der Waals surface area contributed by atoms with E-state index in [1.807, 2.05) is 66.7 Å². The quantitative estimate of drug-likeness (QED) is 0.341. The normalized spacial score (nSPS) is 10.7. The molecule has 0 radical (unpaired) electrons. The van der Waals surface area contributed by atoms with Gasteiger partial charge in [0.15, 0.2) is 0 Å². The van der Waals surface area contributed by atoms with Crippen LogP contribution in [0, 0.1) is 0 Å². The maximum atomic E-state index is 13.1. The minimum Gasteiger partial charge on any atom is -0.321 e. The zero-order valence-corrected chi connectivity index (χ0v) is 18.5. The first-order chi connectivity index (χ1) is 15.5. The first-order valence-electron chi connectivity index (χ1n) is 10.9. The zero-order valence-electron chi connectivity index (χ0n) is 18.5. The number of amides is 1. The van der Waals surface area contributed by atoms with Gasteiger partial charge in [-0.05, 0) is 58.0 Å². The van der Waals surface area contributed by atoms with E-state index in [9.17, 15) is 4.79 Å². The Morgan fingerprint density at radius 3 is 1.81 bits per heavy atom. The van der Waals surface area contributed by atoms with Gasteiger partial charge in [0.1, 0.15) is 0 Å². The van der Waals surface area contributed by atoms with Crippen LogP contribution in [-0.4, -0.2) is 5.91 Å². The van der Waals surface area contributed by atoms with Crippen LogP contribution < -0.4 is 5.32 Å². The minimum absolute atomic E-state index is 0.123. The summed E-state index contributed by atoms with van der Waals surface area (Å²) in [5.41, 5.74) is 7.63. The summed E-state index contributed by atoms with van der Waals surface area (Å²) in [6, 6.07) is 34.1. The summed E-state index contributed by atoms with van der Waals surface area (Å²) in [6.45, 7) is 8.72. The molecule has 4 aromatic rings. The van der Waals surface area contributed by atoms with Gasteiger partial charge in [-0.1, -0.05) is 99.3 Å². The molecule has 0 aromatic heterocycles. The molecule has 4 aromatic carbocycles. The molecule has 0 aliphatic carbocycles. The van der Waals surface area contributed by atoms with Crippen LogP contribution in [0.2, 0.25) is 0 Å². The van der Waals surface area contributed by atoms with Crippen molar-refractivity contribution in [1.82, 2.24) is 0 Å². The Labute approximate surface area is 190 Å². The molecule has 0 saturated heterocycles. The lowest BCUT2D eigenvalue weighted by molar-refractivity contribution is 0.102. The SMILES string of the molecule is C=C(c1ccccc1)c1cc(-c2ccccc2)cc(C(C)C)c1NC(=O)c1ccccc1. The number of carbonyl (C=O) groups excluding carboxylic acids is 1. The zero-order chi connectivity index (χ0) is 22.5. The van der Waals surface area contributed by atoms with Gasteiger partial charge in [-0.3, -0.25) is 4.79 Å². The number of hydrogen-bond acceptors (Lipinski definition) is 1. The standard InChI is InChI=1S/C30H27NO/c1-21(2)27-19-26(24-15-9-5-10-16-24)20-28(22(3)23-13-7-4-8-14-23)29(27)31-30(32)25-17-11-6-12-18-25/h4-21H,3H2,1-2H3,(H,31,32). The third-order valence-electron chi connectivity index (χ3n) is 5.62. The van der Waals surface area contributed by atoms with E-state index in [1.54, 1.807) is 0 Å². The van der Waals surface area contributed by atoms with Crippen molar-refractivity contribution in [1.29, 1.82) is 0 Å². The van der Waals surface area contributed by atoms with Crippen LogP contribution in [0.15, 0.2) is 110 Å². The third kappa shape index (κ3) is 4.55. The fourth-order valence-electron chi connectivity index (χ4n) is 3.86. The van der Waals surface area contributed by atoms with Gasteiger partial charge in [-0.25, -0.2) is 0 Å². The van der Waals surface area contributed by atoms with E-state index in [4.69, 9.17) is 0 Å². The van der Waals surface area contributed by atoms with Crippen LogP contribution in [0.25, 0.3) is 16.7 Å². The van der Waals surface area contributed by atoms with Crippen molar-refractivity contribution in [2.75, 3.05) is 5.32 Å². The van der Waals surface area contributed by atoms with Crippen molar-refractivity contribution in [2.24, 2.45) is 0 Å². The first-order valence-corrected chi connectivity index (χ1v) is 10.9. The maximum Gasteiger partial charge on any atom is 0.255 e. The van der Waals surface area contributed by atoms with Gasteiger partial charge in [0.2, 0.25) is 0 Å². The largest absolute Gasteiger partial charge is 0.321 e. The Kier molecular flexibility index (Phi) is 6.32. The molecule has 0 heterocycles. The number of anilines is 1. The molecular formula is C30H27NO. The molecular weight excluding hydrogens is 390 g/mol. The highest BCUT2D eigenvalue weighted by atomic mass is 16.1. The molecule has 0 aliphatic rings. The van der Waals surface area contributed by atoms with Crippen LogP contribution in [0.3, 0.4) is 0 Å². The molecule has 158 valence electrons. The van der Waals surface area contributed by atoms with Crippen molar-refractivity contribution < 1.29 is 4.79 Å². The van der Waals surface area contributed by atoms with Crippen molar-refractivity contribution in [3.05, 3.63) is 132 Å². The molecule has 4 rings (SSSR count). The Morgan fingerprint density at radius 1 is 0.719 bits per heavy atom. The second-order valence-corrected chi connectivity index (χ2v) is 8.17. The minimum atomic E-state index is -0.123. The third-order valence-corrected chi connectivity index (χ3v) is 5.62. The average Bonchev–Trinajstić information content (AvgIpc) is 2.85. The fourth-order valence-corrected chi connectivity index (χ4v) is 3.86. The van der Waals surface area contributed by atoms with Gasteiger partial charge in [0.05, 0.1) is 5.69 Å². The second-order valence-electron chi connectivity index (χ2n) is 8.17. The molecule has 32 heavy (non-hydrogen) atoms. The molecule has 2 nitrogen and oxygen atoms in total. The summed E-state index contributed by atoms with van der Waals surface area (Å²) in [6.07, 6.45) is 0. The van der Waals surface area contributed by atoms with Crippen molar-refractivity contribution in [3.8, 4) is 11.1 Å². The van der Waals surface area contributed by atoms with E-state index in [1.165, 1.54) is 0 Å². The Bertz CT molecular complexity index is 1230. The monoisotopic (exact) mass is 417 g/mol. The van der Waals surface area contributed by atoms with E-state index < -0.39 is 0 Å². The van der Waals surface area contributed by atoms with E-state index in [-0.39, 0.29) is 11.8 Å². The van der Waals surface area contributed by atoms with Crippen LogP contribution in [0.1, 0.15) is 46.8 Å². The summed E-state index contributed by atoms with van der Waals surface area (Å²) in [7, 11) is 0. The van der Waals surface area contributed by atoms with Gasteiger partial charge < -0.3 is 5.32 Å². The lowest BCUT2D eigenvalue weighted by atomic mass is 9.88. The first kappa shape index (κ1) is 21.3. The molecule has 0 fully saturated rings. The van der Waals surface area contributed by atoms with E-state index in [2.05, 4.69) is 62.1 Å². The topological polar surface area (TPSA) is 29.1 Å². The number of hydrogen-bond donors (Lipinski definition) is 1. The van der Waals surface area contributed by atoms with Crippen molar-refractivity contribution >= 4 is 17.2 Å². The van der Waals surface area contributed by atoms with E-state index >= 15 is 0 Å². The average molecular weight is 418 g/mol. The maximum absolute atomic E-state index is 13.1. The second kappa shape index (κ2) is 9.49. The lowest BCUT2D eigenvalue weighted by Gasteiger charge is -2.22. The number of nitrogens with one attached hydrogen (secondary N) is 1. The molecule has 0 spiro atoms. The molecule has 0 atom stereocenters. The van der Waals surface area contributed by atoms with Gasteiger partial charge in [-0.2, -0.15) is 0 Å². The Balaban J connectivity index is 1.89. The molecule has 0 unspecified atom stereocenters. The summed E-state index contributed by atoms with van der Waals surface area (Å²) in [4.78, 5) is 13.1. The number of benzene rings is 4. The highest BCUT2D eigenvalue weighted by Gasteiger charge is 2.19. The van der Waals surface area contributed by atoms with Gasteiger partial charge in [0, 0.05) is 11.1 Å². The van der Waals surface area contributed by atoms with Crippen LogP contribution in [0.4, 0.5) is 5.69 Å². The fraction of sp³-hybridized carbons (Fsp3) is 0.100. The van der Waals surface area contributed by atoms with Crippen LogP contribution >= 0.6 is 0 Å². The smallest absolute Gasteiger partial charge is 0.255 e. The molecule has 0 aliphatic heterocycles. The number of carbonyl (C=O) groups is 1.